The second-order valence-electron chi connectivity index (χ2n) is 10.7. The van der Waals surface area contributed by atoms with Crippen molar-refractivity contribution in [1.29, 1.82) is 0 Å². The monoisotopic (exact) mass is 510 g/mol. The first-order valence-electron chi connectivity index (χ1n) is 13.5. The molecule has 4 rings (SSSR count). The highest BCUT2D eigenvalue weighted by atomic mass is 16.5. The van der Waals surface area contributed by atoms with Gasteiger partial charge < -0.3 is 31.2 Å². The van der Waals surface area contributed by atoms with Gasteiger partial charge in [0.25, 0.3) is 0 Å². The molecule has 1 heterocycles. The van der Waals surface area contributed by atoms with E-state index >= 15 is 0 Å². The number of nitrogens with two attached hydrogens (primary N) is 3. The molecule has 3 unspecified atom stereocenters. The van der Waals surface area contributed by atoms with Crippen LogP contribution in [0.1, 0.15) is 51.4 Å². The van der Waals surface area contributed by atoms with Crippen LogP contribution in [0.3, 0.4) is 0 Å². The van der Waals surface area contributed by atoms with Crippen molar-refractivity contribution in [2.75, 3.05) is 31.6 Å². The van der Waals surface area contributed by atoms with Crippen molar-refractivity contribution >= 4 is 23.1 Å². The summed E-state index contributed by atoms with van der Waals surface area (Å²) in [5, 5.41) is 11.2. The number of hydrazine groups is 1. The van der Waals surface area contributed by atoms with E-state index in [0.717, 1.165) is 44.4 Å². The van der Waals surface area contributed by atoms with Crippen molar-refractivity contribution in [2.45, 2.75) is 57.5 Å². The van der Waals surface area contributed by atoms with Crippen LogP contribution < -0.4 is 22.2 Å². The van der Waals surface area contributed by atoms with Gasteiger partial charge in [0, 0.05) is 62.4 Å². The largest absolute Gasteiger partial charge is 0.478 e. The van der Waals surface area contributed by atoms with Crippen molar-refractivity contribution in [3.63, 3.8) is 0 Å². The van der Waals surface area contributed by atoms with Crippen LogP contribution in [-0.4, -0.2) is 54.6 Å². The number of nitrogens with zero attached hydrogens (tertiary/aromatic N) is 3. The quantitative estimate of drug-likeness (QED) is 0.162. The standard InChI is InChI=1S/C28H42N6O3/c1-33(31)17-26(30)23-14-24(23)27(25(15-29)28(35)36)32-20-9-5-10-21(13-20)34-12-6-11-22(16-34)37-18-19-7-3-2-4-8-19/h5,9-10,13,15,17,19,22-24H,2-4,6-8,11-12,14,16,18,29-31H2,1H3,(H,35,36)/b25-15?,26-17-,32-27?. The van der Waals surface area contributed by atoms with E-state index in [0.29, 0.717) is 29.4 Å². The zero-order chi connectivity index (χ0) is 26.4. The summed E-state index contributed by atoms with van der Waals surface area (Å²) in [4.78, 5) is 19.1. The Morgan fingerprint density at radius 2 is 2.00 bits per heavy atom. The fourth-order valence-electron chi connectivity index (χ4n) is 5.64. The lowest BCUT2D eigenvalue weighted by molar-refractivity contribution is -0.132. The van der Waals surface area contributed by atoms with Gasteiger partial charge in [0.05, 0.1) is 23.1 Å². The third kappa shape index (κ3) is 7.26. The van der Waals surface area contributed by atoms with Gasteiger partial charge in [0.1, 0.15) is 0 Å². The SMILES string of the molecule is CN(N)/C=C(\N)C1CC1C(=Nc1cccc(N2CCCC(OCC3CCCCC3)C2)c1)C(=CN)C(=O)O. The number of carboxylic acid groups (broad SMARTS) is 1. The normalized spacial score (nSPS) is 25.7. The lowest BCUT2D eigenvalue weighted by atomic mass is 9.90. The van der Waals surface area contributed by atoms with Gasteiger partial charge in [-0.3, -0.25) is 4.99 Å². The zero-order valence-corrected chi connectivity index (χ0v) is 21.9. The Morgan fingerprint density at radius 3 is 2.70 bits per heavy atom. The smallest absolute Gasteiger partial charge is 0.339 e. The molecule has 202 valence electrons. The average molecular weight is 511 g/mol. The van der Waals surface area contributed by atoms with E-state index in [2.05, 4.69) is 11.0 Å². The molecule has 0 aromatic heterocycles. The van der Waals surface area contributed by atoms with Crippen molar-refractivity contribution in [2.24, 2.45) is 40.1 Å². The Hall–Kier alpha value is -3.04. The van der Waals surface area contributed by atoms with Gasteiger partial charge in [-0.25, -0.2) is 10.6 Å². The van der Waals surface area contributed by atoms with Crippen LogP contribution in [0.5, 0.6) is 0 Å². The van der Waals surface area contributed by atoms with Crippen LogP contribution in [0.15, 0.2) is 52.9 Å². The number of hydrogen-bond donors (Lipinski definition) is 4. The van der Waals surface area contributed by atoms with E-state index < -0.39 is 5.97 Å². The fraction of sp³-hybridized carbons (Fsp3) is 0.571. The molecule has 0 radical (unpaired) electrons. The maximum Gasteiger partial charge on any atom is 0.339 e. The highest BCUT2D eigenvalue weighted by molar-refractivity contribution is 6.21. The minimum Gasteiger partial charge on any atom is -0.478 e. The summed E-state index contributed by atoms with van der Waals surface area (Å²) in [5.41, 5.74) is 14.7. The molecule has 1 saturated heterocycles. The van der Waals surface area contributed by atoms with Gasteiger partial charge in [-0.2, -0.15) is 0 Å². The Balaban J connectivity index is 1.48. The molecule has 1 aromatic carbocycles. The van der Waals surface area contributed by atoms with E-state index in [1.165, 1.54) is 37.1 Å². The number of anilines is 1. The van der Waals surface area contributed by atoms with E-state index in [4.69, 9.17) is 27.0 Å². The Kier molecular flexibility index (Phi) is 9.10. The molecule has 3 fully saturated rings. The number of hydrogen-bond acceptors (Lipinski definition) is 8. The van der Waals surface area contributed by atoms with E-state index in [1.54, 1.807) is 13.2 Å². The number of carbonyl (C=O) groups is 1. The summed E-state index contributed by atoms with van der Waals surface area (Å²) in [6.45, 7) is 2.69. The first kappa shape index (κ1) is 27.0. The van der Waals surface area contributed by atoms with Gasteiger partial charge in [-0.05, 0) is 56.2 Å². The van der Waals surface area contributed by atoms with Crippen LogP contribution in [0, 0.1) is 17.8 Å². The van der Waals surface area contributed by atoms with Crippen LogP contribution >= 0.6 is 0 Å². The van der Waals surface area contributed by atoms with Crippen LogP contribution in [0.4, 0.5) is 11.4 Å². The Morgan fingerprint density at radius 1 is 1.22 bits per heavy atom. The topological polar surface area (TPSA) is 143 Å². The Bertz CT molecular complexity index is 1030. The van der Waals surface area contributed by atoms with Crippen molar-refractivity contribution in [3.8, 4) is 0 Å². The minimum absolute atomic E-state index is 0.000885. The lowest BCUT2D eigenvalue weighted by Gasteiger charge is -2.35. The van der Waals surface area contributed by atoms with Gasteiger partial charge in [-0.1, -0.05) is 25.3 Å². The van der Waals surface area contributed by atoms with E-state index in [9.17, 15) is 9.90 Å². The molecule has 1 aliphatic heterocycles. The molecule has 9 heteroatoms. The van der Waals surface area contributed by atoms with Gasteiger partial charge in [0.15, 0.2) is 0 Å². The summed E-state index contributed by atoms with van der Waals surface area (Å²) >= 11 is 0. The van der Waals surface area contributed by atoms with E-state index in [-0.39, 0.29) is 23.5 Å². The third-order valence-corrected chi connectivity index (χ3v) is 7.71. The number of aliphatic imine (C=N–C) groups is 1. The van der Waals surface area contributed by atoms with Crippen molar-refractivity contribution in [1.82, 2.24) is 5.01 Å². The predicted molar refractivity (Wildman–Crippen MR) is 147 cm³/mol. The van der Waals surface area contributed by atoms with Crippen molar-refractivity contribution in [3.05, 3.63) is 47.9 Å². The lowest BCUT2D eigenvalue weighted by Crippen LogP contribution is -2.40. The maximum atomic E-state index is 11.9. The number of carboxylic acids is 1. The van der Waals surface area contributed by atoms with Gasteiger partial charge in [-0.15, -0.1) is 0 Å². The molecule has 2 aliphatic carbocycles. The van der Waals surface area contributed by atoms with Crippen molar-refractivity contribution < 1.29 is 14.6 Å². The summed E-state index contributed by atoms with van der Waals surface area (Å²) in [7, 11) is 1.69. The molecule has 3 aliphatic rings. The number of allylic oxidation sites excluding steroid dienone is 1. The molecular formula is C28H42N6O3. The Labute approximate surface area is 220 Å². The van der Waals surface area contributed by atoms with Gasteiger partial charge in [0.2, 0.25) is 0 Å². The highest BCUT2D eigenvalue weighted by Gasteiger charge is 2.45. The number of ether oxygens (including phenoxy) is 1. The molecule has 9 nitrogen and oxygen atoms in total. The molecule has 0 amide bonds. The molecular weight excluding hydrogens is 468 g/mol. The minimum atomic E-state index is -1.10. The molecule has 7 N–H and O–H groups in total. The number of aliphatic carboxylic acids is 1. The second-order valence-corrected chi connectivity index (χ2v) is 10.7. The number of benzene rings is 1. The first-order chi connectivity index (χ1) is 17.9. The fourth-order valence-corrected chi connectivity index (χ4v) is 5.64. The predicted octanol–water partition coefficient (Wildman–Crippen LogP) is 3.49. The highest BCUT2D eigenvalue weighted by Crippen LogP contribution is 2.45. The first-order valence-corrected chi connectivity index (χ1v) is 13.5. The second kappa shape index (κ2) is 12.5. The summed E-state index contributed by atoms with van der Waals surface area (Å²) in [6, 6.07) is 7.96. The molecule has 1 aromatic rings. The zero-order valence-electron chi connectivity index (χ0n) is 21.9. The van der Waals surface area contributed by atoms with Gasteiger partial charge >= 0.3 is 5.97 Å². The third-order valence-electron chi connectivity index (χ3n) is 7.71. The number of piperidine rings is 1. The molecule has 2 saturated carbocycles. The van der Waals surface area contributed by atoms with E-state index in [1.807, 2.05) is 18.2 Å². The molecule has 37 heavy (non-hydrogen) atoms. The maximum absolute atomic E-state index is 11.9. The average Bonchev–Trinajstić information content (AvgIpc) is 3.69. The van der Waals surface area contributed by atoms with Crippen LogP contribution in [-0.2, 0) is 9.53 Å². The van der Waals surface area contributed by atoms with Crippen LogP contribution in [0.25, 0.3) is 0 Å². The van der Waals surface area contributed by atoms with Crippen LogP contribution in [0.2, 0.25) is 0 Å². The molecule has 3 atom stereocenters. The summed E-state index contributed by atoms with van der Waals surface area (Å²) in [5.74, 6) is 5.16. The molecule has 0 spiro atoms. The molecule has 0 bridgehead atoms. The summed E-state index contributed by atoms with van der Waals surface area (Å²) in [6.07, 6.45) is 12.5. The number of rotatable bonds is 10. The summed E-state index contributed by atoms with van der Waals surface area (Å²) < 4.78 is 6.36.